The van der Waals surface area contributed by atoms with Gasteiger partial charge in [0.1, 0.15) is 18.1 Å². The minimum Gasteiger partial charge on any atom is -0.480 e. The second kappa shape index (κ2) is 14.4. The molecule has 0 bridgehead atoms. The number of rotatable bonds is 15. The van der Waals surface area contributed by atoms with Crippen LogP contribution in [-0.2, 0) is 25.6 Å². The van der Waals surface area contributed by atoms with Crippen LogP contribution >= 0.6 is 12.6 Å². The van der Waals surface area contributed by atoms with E-state index >= 15 is 0 Å². The van der Waals surface area contributed by atoms with Gasteiger partial charge < -0.3 is 42.6 Å². The summed E-state index contributed by atoms with van der Waals surface area (Å²) in [7, 11) is 0. The minimum absolute atomic E-state index is 0.140. The molecule has 0 saturated heterocycles. The number of thiol groups is 1. The molecule has 0 aliphatic heterocycles. The van der Waals surface area contributed by atoms with E-state index in [2.05, 4.69) is 33.6 Å². The number of hydrogen-bond acceptors (Lipinski definition) is 8. The number of amides is 3. The summed E-state index contributed by atoms with van der Waals surface area (Å²) in [5, 5.41) is 27.1. The maximum atomic E-state index is 12.7. The number of aliphatic hydroxyl groups is 1. The molecule has 2 aromatic rings. The number of carboxylic acids is 1. The van der Waals surface area contributed by atoms with Crippen molar-refractivity contribution in [2.24, 2.45) is 11.5 Å². The van der Waals surface area contributed by atoms with Crippen LogP contribution < -0.4 is 27.4 Å². The number of carbonyl (C=O) groups excluding carboxylic acids is 3. The molecular weight excluding hydrogens is 488 g/mol. The lowest BCUT2D eigenvalue weighted by Gasteiger charge is -2.23. The van der Waals surface area contributed by atoms with Crippen molar-refractivity contribution < 1.29 is 29.4 Å². The van der Waals surface area contributed by atoms with E-state index in [0.29, 0.717) is 19.4 Å². The number of aliphatic carboxylic acids is 1. The Morgan fingerprint density at radius 2 is 1.61 bits per heavy atom. The molecule has 0 aliphatic rings. The zero-order valence-corrected chi connectivity index (χ0v) is 20.7. The molecule has 2 rings (SSSR count). The number of carbonyl (C=O) groups is 4. The fourth-order valence-corrected chi connectivity index (χ4v) is 3.85. The average molecular weight is 523 g/mol. The Bertz CT molecular complexity index is 1050. The number of nitrogens with one attached hydrogen (secondary N) is 4. The summed E-state index contributed by atoms with van der Waals surface area (Å²) in [6.07, 6.45) is 3.23. The highest BCUT2D eigenvalue weighted by atomic mass is 32.1. The average Bonchev–Trinajstić information content (AvgIpc) is 3.27. The van der Waals surface area contributed by atoms with Crippen molar-refractivity contribution in [3.8, 4) is 0 Å². The van der Waals surface area contributed by atoms with Gasteiger partial charge in [-0.1, -0.05) is 18.2 Å². The fourth-order valence-electron chi connectivity index (χ4n) is 3.59. The summed E-state index contributed by atoms with van der Waals surface area (Å²) in [4.78, 5) is 52.3. The van der Waals surface area contributed by atoms with Gasteiger partial charge in [-0.05, 0) is 43.9 Å². The molecule has 0 fully saturated rings. The van der Waals surface area contributed by atoms with E-state index in [1.54, 1.807) is 6.20 Å². The second-order valence-electron chi connectivity index (χ2n) is 8.34. The number of unbranched alkanes of at least 4 members (excludes halogenated alkanes) is 1. The van der Waals surface area contributed by atoms with Crippen molar-refractivity contribution in [3.63, 3.8) is 0 Å². The highest BCUT2D eigenvalue weighted by Crippen LogP contribution is 2.18. The first kappa shape index (κ1) is 29.1. The predicted octanol–water partition coefficient (Wildman–Crippen LogP) is -1.37. The summed E-state index contributed by atoms with van der Waals surface area (Å²) < 4.78 is 0. The first-order valence-electron chi connectivity index (χ1n) is 11.6. The number of benzene rings is 1. The van der Waals surface area contributed by atoms with Crippen LogP contribution in [0.15, 0.2) is 30.5 Å². The second-order valence-corrected chi connectivity index (χ2v) is 8.71. The van der Waals surface area contributed by atoms with E-state index in [4.69, 9.17) is 11.5 Å². The molecule has 0 spiro atoms. The quantitative estimate of drug-likeness (QED) is 0.100. The fraction of sp³-hybridized carbons (Fsp3) is 0.478. The number of nitrogens with two attached hydrogens (primary N) is 2. The van der Waals surface area contributed by atoms with E-state index in [1.807, 2.05) is 24.3 Å². The largest absolute Gasteiger partial charge is 0.480 e. The zero-order chi connectivity index (χ0) is 26.7. The Morgan fingerprint density at radius 1 is 0.972 bits per heavy atom. The summed E-state index contributed by atoms with van der Waals surface area (Å²) in [6, 6.07) is 2.81. The van der Waals surface area contributed by atoms with Crippen LogP contribution in [0.1, 0.15) is 24.8 Å². The molecule has 3 amide bonds. The first-order chi connectivity index (χ1) is 17.2. The van der Waals surface area contributed by atoms with Crippen molar-refractivity contribution in [3.05, 3.63) is 36.0 Å². The summed E-state index contributed by atoms with van der Waals surface area (Å²) in [6.45, 7) is -0.343. The van der Waals surface area contributed by atoms with E-state index in [0.717, 1.165) is 16.5 Å². The summed E-state index contributed by atoms with van der Waals surface area (Å²) in [5.41, 5.74) is 13.2. The van der Waals surface area contributed by atoms with E-state index in [1.165, 1.54) is 0 Å². The molecule has 10 N–H and O–H groups in total. The number of aliphatic hydroxyl groups excluding tert-OH is 1. The number of aromatic amines is 1. The van der Waals surface area contributed by atoms with Gasteiger partial charge in [-0.25, -0.2) is 4.79 Å². The van der Waals surface area contributed by atoms with Gasteiger partial charge in [0.15, 0.2) is 0 Å². The SMILES string of the molecule is NCCCCC(NC(=O)C(CS)NC(=O)C(CO)NC(=O)C(N)Cc1c[nH]c2ccccc12)C(=O)O. The molecule has 0 aliphatic carbocycles. The molecule has 1 aromatic heterocycles. The topological polar surface area (TPSA) is 213 Å². The van der Waals surface area contributed by atoms with Gasteiger partial charge >= 0.3 is 5.97 Å². The van der Waals surface area contributed by atoms with Gasteiger partial charge in [0, 0.05) is 22.9 Å². The summed E-state index contributed by atoms with van der Waals surface area (Å²) in [5.74, 6) is -3.60. The normalized spacial score (nSPS) is 14.4. The monoisotopic (exact) mass is 522 g/mol. The Hall–Kier alpha value is -3.13. The Labute approximate surface area is 214 Å². The lowest BCUT2D eigenvalue weighted by molar-refractivity contribution is -0.142. The third-order valence-corrected chi connectivity index (χ3v) is 6.01. The van der Waals surface area contributed by atoms with Crippen LogP contribution in [0.2, 0.25) is 0 Å². The number of aromatic nitrogens is 1. The van der Waals surface area contributed by atoms with Crippen molar-refractivity contribution in [2.45, 2.75) is 49.9 Å². The van der Waals surface area contributed by atoms with Crippen molar-refractivity contribution in [1.82, 2.24) is 20.9 Å². The molecule has 1 aromatic carbocycles. The lowest BCUT2D eigenvalue weighted by Crippen LogP contribution is -2.58. The standard InChI is InChI=1S/C23H34N6O6S/c24-8-4-3-7-17(23(34)35)27-22(33)19(12-36)29-21(32)18(11-30)28-20(31)15(25)9-13-10-26-16-6-2-1-5-14(13)16/h1-2,5-6,10,15,17-19,26,30,36H,3-4,7-9,11-12,24-25H2,(H,27,33)(H,28,31)(H,29,32)(H,34,35). The Kier molecular flexibility index (Phi) is 11.7. The molecule has 36 heavy (non-hydrogen) atoms. The van der Waals surface area contributed by atoms with Crippen LogP contribution in [0.3, 0.4) is 0 Å². The molecule has 0 saturated carbocycles. The Balaban J connectivity index is 1.95. The maximum Gasteiger partial charge on any atom is 0.326 e. The predicted molar refractivity (Wildman–Crippen MR) is 137 cm³/mol. The van der Waals surface area contributed by atoms with Crippen molar-refractivity contribution in [1.29, 1.82) is 0 Å². The number of fused-ring (bicyclic) bond motifs is 1. The molecule has 0 radical (unpaired) electrons. The minimum atomic E-state index is -1.37. The number of carboxylic acid groups (broad SMARTS) is 1. The van der Waals surface area contributed by atoms with Gasteiger partial charge in [-0.15, -0.1) is 0 Å². The highest BCUT2D eigenvalue weighted by molar-refractivity contribution is 7.80. The molecule has 1 heterocycles. The number of hydrogen-bond donors (Lipinski definition) is 9. The van der Waals surface area contributed by atoms with Crippen LogP contribution in [0.4, 0.5) is 0 Å². The first-order valence-corrected chi connectivity index (χ1v) is 12.2. The van der Waals surface area contributed by atoms with Gasteiger partial charge in [0.2, 0.25) is 17.7 Å². The highest BCUT2D eigenvalue weighted by Gasteiger charge is 2.29. The van der Waals surface area contributed by atoms with Crippen LogP contribution in [-0.4, -0.2) is 82.0 Å². The van der Waals surface area contributed by atoms with E-state index < -0.39 is 54.5 Å². The van der Waals surface area contributed by atoms with Crippen molar-refractivity contribution in [2.75, 3.05) is 18.9 Å². The van der Waals surface area contributed by atoms with Gasteiger partial charge in [-0.2, -0.15) is 12.6 Å². The smallest absolute Gasteiger partial charge is 0.326 e. The molecule has 4 unspecified atom stereocenters. The molecule has 13 heteroatoms. The van der Waals surface area contributed by atoms with E-state index in [9.17, 15) is 29.4 Å². The lowest BCUT2D eigenvalue weighted by atomic mass is 10.0. The van der Waals surface area contributed by atoms with Crippen LogP contribution in [0.5, 0.6) is 0 Å². The molecular formula is C23H34N6O6S. The van der Waals surface area contributed by atoms with Crippen molar-refractivity contribution >= 4 is 47.2 Å². The van der Waals surface area contributed by atoms with Crippen LogP contribution in [0, 0.1) is 0 Å². The maximum absolute atomic E-state index is 12.7. The van der Waals surface area contributed by atoms with Crippen LogP contribution in [0.25, 0.3) is 10.9 Å². The third-order valence-electron chi connectivity index (χ3n) is 5.64. The molecule has 198 valence electrons. The van der Waals surface area contributed by atoms with Gasteiger partial charge in [-0.3, -0.25) is 14.4 Å². The van der Waals surface area contributed by atoms with Gasteiger partial charge in [0.25, 0.3) is 0 Å². The number of H-pyrrole nitrogens is 1. The Morgan fingerprint density at radius 3 is 2.25 bits per heavy atom. The van der Waals surface area contributed by atoms with E-state index in [-0.39, 0.29) is 18.6 Å². The molecule has 12 nitrogen and oxygen atoms in total. The number of para-hydroxylation sites is 1. The third kappa shape index (κ3) is 8.22. The van der Waals surface area contributed by atoms with Gasteiger partial charge in [0.05, 0.1) is 12.6 Å². The molecule has 4 atom stereocenters. The summed E-state index contributed by atoms with van der Waals surface area (Å²) >= 11 is 4.06. The zero-order valence-electron chi connectivity index (χ0n) is 19.8.